The van der Waals surface area contributed by atoms with Crippen molar-refractivity contribution in [1.29, 1.82) is 5.26 Å². The maximum absolute atomic E-state index is 8.80. The third-order valence-corrected chi connectivity index (χ3v) is 3.22. The smallest absolute Gasteiger partial charge is 0.128 e. The van der Waals surface area contributed by atoms with E-state index in [9.17, 15) is 0 Å². The molecule has 0 N–H and O–H groups in total. The van der Waals surface area contributed by atoms with Gasteiger partial charge in [-0.25, -0.2) is 0 Å². The first-order valence-electron chi connectivity index (χ1n) is 5.13. The Kier molecular flexibility index (Phi) is 3.46. The summed E-state index contributed by atoms with van der Waals surface area (Å²) >= 11 is 3.44. The molecule has 0 saturated heterocycles. The fourth-order valence-electron chi connectivity index (χ4n) is 1.45. The van der Waals surface area contributed by atoms with Gasteiger partial charge in [0.1, 0.15) is 11.5 Å². The molecule has 0 fully saturated rings. The molecule has 2 rings (SSSR count). The van der Waals surface area contributed by atoms with Crippen LogP contribution in [0.1, 0.15) is 11.1 Å². The molecule has 0 aliphatic rings. The Hall–Kier alpha value is -1.79. The van der Waals surface area contributed by atoms with Crippen molar-refractivity contribution < 1.29 is 4.74 Å². The zero-order chi connectivity index (χ0) is 12.3. The van der Waals surface area contributed by atoms with Crippen LogP contribution in [0.2, 0.25) is 0 Å². The first-order valence-corrected chi connectivity index (χ1v) is 5.92. The highest BCUT2D eigenvalue weighted by molar-refractivity contribution is 9.10. The highest BCUT2D eigenvalue weighted by atomic mass is 79.9. The van der Waals surface area contributed by atoms with Gasteiger partial charge in [-0.1, -0.05) is 22.0 Å². The minimum absolute atomic E-state index is 0.594. The Morgan fingerprint density at radius 1 is 1.12 bits per heavy atom. The summed E-state index contributed by atoms with van der Waals surface area (Å²) in [7, 11) is 0. The third kappa shape index (κ3) is 2.86. The number of nitriles is 1. The number of benzene rings is 2. The largest absolute Gasteiger partial charge is 0.457 e. The minimum atomic E-state index is 0.594. The molecule has 3 heteroatoms. The van der Waals surface area contributed by atoms with Crippen molar-refractivity contribution in [3.8, 4) is 17.6 Å². The van der Waals surface area contributed by atoms with Gasteiger partial charge < -0.3 is 4.74 Å². The van der Waals surface area contributed by atoms with Crippen LogP contribution in [0.15, 0.2) is 46.9 Å². The van der Waals surface area contributed by atoms with Gasteiger partial charge in [0, 0.05) is 4.47 Å². The van der Waals surface area contributed by atoms with Crippen LogP contribution >= 0.6 is 15.9 Å². The number of halogens is 1. The second-order valence-corrected chi connectivity index (χ2v) is 4.51. The Labute approximate surface area is 109 Å². The van der Waals surface area contributed by atoms with Crippen LogP contribution in [0, 0.1) is 18.3 Å². The molecule has 84 valence electrons. The van der Waals surface area contributed by atoms with E-state index in [1.54, 1.807) is 18.2 Å². The van der Waals surface area contributed by atoms with Crippen molar-refractivity contribution in [3.63, 3.8) is 0 Å². The van der Waals surface area contributed by atoms with Gasteiger partial charge in [0.05, 0.1) is 11.6 Å². The van der Waals surface area contributed by atoms with E-state index in [1.807, 2.05) is 31.2 Å². The average Bonchev–Trinajstić information content (AvgIpc) is 2.34. The molecule has 0 aliphatic carbocycles. The maximum Gasteiger partial charge on any atom is 0.128 e. The quantitative estimate of drug-likeness (QED) is 0.819. The Morgan fingerprint density at radius 2 is 1.88 bits per heavy atom. The van der Waals surface area contributed by atoms with E-state index in [0.717, 1.165) is 15.8 Å². The van der Waals surface area contributed by atoms with E-state index in [4.69, 9.17) is 10.00 Å². The lowest BCUT2D eigenvalue weighted by atomic mass is 10.2. The Balaban J connectivity index is 2.25. The summed E-state index contributed by atoms with van der Waals surface area (Å²) in [5.41, 5.74) is 1.70. The molecule has 0 heterocycles. The van der Waals surface area contributed by atoms with Crippen LogP contribution in [0.5, 0.6) is 11.5 Å². The summed E-state index contributed by atoms with van der Waals surface area (Å²) < 4.78 is 6.74. The summed E-state index contributed by atoms with van der Waals surface area (Å²) in [6.07, 6.45) is 0. The lowest BCUT2D eigenvalue weighted by Gasteiger charge is -2.07. The molecule has 0 spiro atoms. The molecule has 0 saturated carbocycles. The normalized spacial score (nSPS) is 9.71. The molecule has 0 aliphatic heterocycles. The predicted molar refractivity (Wildman–Crippen MR) is 70.1 cm³/mol. The second-order valence-electron chi connectivity index (χ2n) is 3.65. The Bertz CT molecular complexity index is 587. The van der Waals surface area contributed by atoms with Crippen LogP contribution in [0.4, 0.5) is 0 Å². The van der Waals surface area contributed by atoms with Crippen molar-refractivity contribution in [2.24, 2.45) is 0 Å². The zero-order valence-corrected chi connectivity index (χ0v) is 10.9. The fourth-order valence-corrected chi connectivity index (χ4v) is 1.69. The molecule has 0 amide bonds. The summed E-state index contributed by atoms with van der Waals surface area (Å²) in [5, 5.41) is 8.80. The molecule has 2 aromatic rings. The standard InChI is InChI=1S/C14H10BrNO/c1-10-7-13(5-6-14(10)15)17-12-4-2-3-11(8-12)9-16/h2-8H,1H3. The summed E-state index contributed by atoms with van der Waals surface area (Å²) in [4.78, 5) is 0. The van der Waals surface area contributed by atoms with Gasteiger partial charge in [-0.2, -0.15) is 5.26 Å². The first-order chi connectivity index (χ1) is 8.19. The molecule has 2 nitrogen and oxygen atoms in total. The zero-order valence-electron chi connectivity index (χ0n) is 9.27. The van der Waals surface area contributed by atoms with Gasteiger partial charge >= 0.3 is 0 Å². The highest BCUT2D eigenvalue weighted by Crippen LogP contribution is 2.26. The van der Waals surface area contributed by atoms with Crippen molar-refractivity contribution in [2.45, 2.75) is 6.92 Å². The highest BCUT2D eigenvalue weighted by Gasteiger charge is 2.01. The van der Waals surface area contributed by atoms with Crippen molar-refractivity contribution in [3.05, 3.63) is 58.1 Å². The number of nitrogens with zero attached hydrogens (tertiary/aromatic N) is 1. The number of ether oxygens (including phenoxy) is 1. The topological polar surface area (TPSA) is 33.0 Å². The Morgan fingerprint density at radius 3 is 2.59 bits per heavy atom. The number of hydrogen-bond acceptors (Lipinski definition) is 2. The van der Waals surface area contributed by atoms with Gasteiger partial charge in [-0.05, 0) is 48.9 Å². The molecule has 0 radical (unpaired) electrons. The molecule has 0 unspecified atom stereocenters. The maximum atomic E-state index is 8.80. The number of hydrogen-bond donors (Lipinski definition) is 0. The monoisotopic (exact) mass is 287 g/mol. The van der Waals surface area contributed by atoms with E-state index in [-0.39, 0.29) is 0 Å². The average molecular weight is 288 g/mol. The van der Waals surface area contributed by atoms with Gasteiger partial charge in [-0.3, -0.25) is 0 Å². The van der Waals surface area contributed by atoms with Crippen LogP contribution in [-0.4, -0.2) is 0 Å². The summed E-state index contributed by atoms with van der Waals surface area (Å²) in [6, 6.07) is 15.0. The van der Waals surface area contributed by atoms with E-state index >= 15 is 0 Å². The van der Waals surface area contributed by atoms with Crippen LogP contribution < -0.4 is 4.74 Å². The lowest BCUT2D eigenvalue weighted by molar-refractivity contribution is 0.482. The predicted octanol–water partition coefficient (Wildman–Crippen LogP) is 4.42. The molecule has 0 aromatic heterocycles. The van der Waals surface area contributed by atoms with E-state index in [2.05, 4.69) is 22.0 Å². The molecule has 0 atom stereocenters. The van der Waals surface area contributed by atoms with Crippen molar-refractivity contribution >= 4 is 15.9 Å². The van der Waals surface area contributed by atoms with Gasteiger partial charge in [0.25, 0.3) is 0 Å². The van der Waals surface area contributed by atoms with Crippen LogP contribution in [0.25, 0.3) is 0 Å². The van der Waals surface area contributed by atoms with Gasteiger partial charge in [0.15, 0.2) is 0 Å². The van der Waals surface area contributed by atoms with Crippen molar-refractivity contribution in [1.82, 2.24) is 0 Å². The molecule has 0 bridgehead atoms. The molecule has 17 heavy (non-hydrogen) atoms. The minimum Gasteiger partial charge on any atom is -0.457 e. The van der Waals surface area contributed by atoms with Crippen molar-refractivity contribution in [2.75, 3.05) is 0 Å². The number of aryl methyl sites for hydroxylation is 1. The summed E-state index contributed by atoms with van der Waals surface area (Å²) in [6.45, 7) is 2.00. The van der Waals surface area contributed by atoms with Crippen LogP contribution in [0.3, 0.4) is 0 Å². The van der Waals surface area contributed by atoms with E-state index in [1.165, 1.54) is 0 Å². The molecule has 2 aromatic carbocycles. The van der Waals surface area contributed by atoms with E-state index < -0.39 is 0 Å². The van der Waals surface area contributed by atoms with Gasteiger partial charge in [0.2, 0.25) is 0 Å². The number of rotatable bonds is 2. The fraction of sp³-hybridized carbons (Fsp3) is 0.0714. The lowest BCUT2D eigenvalue weighted by Crippen LogP contribution is -1.86. The van der Waals surface area contributed by atoms with Gasteiger partial charge in [-0.15, -0.1) is 0 Å². The third-order valence-electron chi connectivity index (χ3n) is 2.33. The SMILES string of the molecule is Cc1cc(Oc2cccc(C#N)c2)ccc1Br. The first kappa shape index (κ1) is 11.7. The van der Waals surface area contributed by atoms with Crippen LogP contribution in [-0.2, 0) is 0 Å². The molecular weight excluding hydrogens is 278 g/mol. The molecular formula is C14H10BrNO. The summed E-state index contributed by atoms with van der Waals surface area (Å²) in [5.74, 6) is 1.44. The van der Waals surface area contributed by atoms with E-state index in [0.29, 0.717) is 11.3 Å². The second kappa shape index (κ2) is 5.03.